The summed E-state index contributed by atoms with van der Waals surface area (Å²) < 4.78 is 13.8. The number of amides is 3. The minimum absolute atomic E-state index is 0.0524. The maximum atomic E-state index is 13.8. The third-order valence-corrected chi connectivity index (χ3v) is 5.14. The van der Waals surface area contributed by atoms with E-state index < -0.39 is 0 Å². The topological polar surface area (TPSA) is 61.4 Å². The van der Waals surface area contributed by atoms with Crippen molar-refractivity contribution < 1.29 is 14.0 Å². The third kappa shape index (κ3) is 4.68. The van der Waals surface area contributed by atoms with Crippen LogP contribution in [0.3, 0.4) is 0 Å². The Morgan fingerprint density at radius 3 is 2.46 bits per heavy atom. The molecule has 2 aromatic rings. The lowest BCUT2D eigenvalue weighted by Crippen LogP contribution is -2.50. The van der Waals surface area contributed by atoms with E-state index in [0.29, 0.717) is 31.5 Å². The number of carbonyl (C=O) groups excluding carboxylic acids is 2. The van der Waals surface area contributed by atoms with E-state index >= 15 is 0 Å². The van der Waals surface area contributed by atoms with Gasteiger partial charge in [-0.2, -0.15) is 0 Å². The normalized spacial score (nSPS) is 19.1. The second-order valence-corrected chi connectivity index (χ2v) is 7.00. The highest BCUT2D eigenvalue weighted by atomic mass is 19.1. The van der Waals surface area contributed by atoms with E-state index in [1.807, 2.05) is 37.3 Å². The van der Waals surface area contributed by atoms with Gasteiger partial charge in [0.1, 0.15) is 5.82 Å². The van der Waals surface area contributed by atoms with Gasteiger partial charge >= 0.3 is 6.03 Å². The van der Waals surface area contributed by atoms with Crippen molar-refractivity contribution in [2.24, 2.45) is 5.92 Å². The molecule has 1 aliphatic heterocycles. The minimum Gasteiger partial charge on any atom is -0.352 e. The van der Waals surface area contributed by atoms with Crippen LogP contribution in [0.1, 0.15) is 36.9 Å². The van der Waals surface area contributed by atoms with Crippen molar-refractivity contribution in [2.45, 2.75) is 32.4 Å². The molecule has 5 nitrogen and oxygen atoms in total. The maximum absolute atomic E-state index is 13.8. The van der Waals surface area contributed by atoms with Crippen molar-refractivity contribution in [3.63, 3.8) is 0 Å². The fourth-order valence-electron chi connectivity index (χ4n) is 3.65. The largest absolute Gasteiger partial charge is 0.352 e. The maximum Gasteiger partial charge on any atom is 0.317 e. The van der Waals surface area contributed by atoms with Crippen LogP contribution in [0.5, 0.6) is 0 Å². The Morgan fingerprint density at radius 1 is 1.04 bits per heavy atom. The zero-order chi connectivity index (χ0) is 19.9. The molecule has 0 radical (unpaired) electrons. The lowest BCUT2D eigenvalue weighted by Gasteiger charge is -2.39. The first-order valence-electron chi connectivity index (χ1n) is 9.70. The van der Waals surface area contributed by atoms with Crippen molar-refractivity contribution >= 4 is 11.9 Å². The summed E-state index contributed by atoms with van der Waals surface area (Å²) in [5.74, 6) is -0.794. The Morgan fingerprint density at radius 2 is 1.75 bits per heavy atom. The molecule has 3 rings (SSSR count). The first kappa shape index (κ1) is 19.9. The van der Waals surface area contributed by atoms with Gasteiger partial charge < -0.3 is 15.5 Å². The molecule has 3 amide bonds. The van der Waals surface area contributed by atoms with Crippen LogP contribution in [-0.4, -0.2) is 29.9 Å². The highest BCUT2D eigenvalue weighted by molar-refractivity contribution is 5.81. The Hall–Kier alpha value is -2.89. The van der Waals surface area contributed by atoms with Crippen molar-refractivity contribution in [2.75, 3.05) is 13.1 Å². The predicted molar refractivity (Wildman–Crippen MR) is 106 cm³/mol. The van der Waals surface area contributed by atoms with Crippen LogP contribution in [0, 0.1) is 11.7 Å². The highest BCUT2D eigenvalue weighted by Gasteiger charge is 2.35. The Balaban J connectivity index is 1.68. The van der Waals surface area contributed by atoms with Gasteiger partial charge in [0.15, 0.2) is 0 Å². The zero-order valence-electron chi connectivity index (χ0n) is 16.0. The van der Waals surface area contributed by atoms with Crippen molar-refractivity contribution in [1.82, 2.24) is 15.5 Å². The van der Waals surface area contributed by atoms with Crippen molar-refractivity contribution in [3.05, 3.63) is 71.5 Å². The molecule has 0 aromatic heterocycles. The van der Waals surface area contributed by atoms with Gasteiger partial charge in [0.2, 0.25) is 5.91 Å². The standard InChI is InChI=1S/C22H26FN3O2/c1-2-24-22(28)26-15-18(12-13-20(26)16-8-4-3-5-9-16)21(27)25-14-17-10-6-7-11-19(17)23/h3-11,18,20H,2,12-15H2,1H3,(H,24,28)(H,25,27)/t18-,20+/m0/s1. The first-order chi connectivity index (χ1) is 13.6. The van der Waals surface area contributed by atoms with Crippen LogP contribution in [-0.2, 0) is 11.3 Å². The summed E-state index contributed by atoms with van der Waals surface area (Å²) in [6, 6.07) is 16.1. The fraction of sp³-hybridized carbons (Fsp3) is 0.364. The lowest BCUT2D eigenvalue weighted by atomic mass is 9.88. The summed E-state index contributed by atoms with van der Waals surface area (Å²) in [5, 5.41) is 5.66. The van der Waals surface area contributed by atoms with Crippen LogP contribution in [0.4, 0.5) is 9.18 Å². The van der Waals surface area contributed by atoms with Gasteiger partial charge in [-0.3, -0.25) is 4.79 Å². The van der Waals surface area contributed by atoms with Crippen LogP contribution >= 0.6 is 0 Å². The molecule has 148 valence electrons. The molecule has 2 atom stereocenters. The number of likely N-dealkylation sites (tertiary alicyclic amines) is 1. The monoisotopic (exact) mass is 383 g/mol. The second kappa shape index (κ2) is 9.35. The first-order valence-corrected chi connectivity index (χ1v) is 9.70. The number of carbonyl (C=O) groups is 2. The van der Waals surface area contributed by atoms with Crippen LogP contribution in [0.25, 0.3) is 0 Å². The quantitative estimate of drug-likeness (QED) is 0.828. The summed E-state index contributed by atoms with van der Waals surface area (Å²) in [5.41, 5.74) is 1.52. The number of benzene rings is 2. The van der Waals surface area contributed by atoms with Gasteiger partial charge in [-0.25, -0.2) is 9.18 Å². The van der Waals surface area contributed by atoms with E-state index in [1.54, 1.807) is 23.1 Å². The summed E-state index contributed by atoms with van der Waals surface area (Å²) in [4.78, 5) is 27.0. The molecule has 0 unspecified atom stereocenters. The summed E-state index contributed by atoms with van der Waals surface area (Å²) >= 11 is 0. The van der Waals surface area contributed by atoms with E-state index in [-0.39, 0.29) is 36.3 Å². The van der Waals surface area contributed by atoms with E-state index in [9.17, 15) is 14.0 Å². The lowest BCUT2D eigenvalue weighted by molar-refractivity contribution is -0.126. The number of urea groups is 1. The molecular formula is C22H26FN3O2. The zero-order valence-corrected chi connectivity index (χ0v) is 16.0. The average molecular weight is 383 g/mol. The van der Waals surface area contributed by atoms with Gasteiger partial charge in [0.25, 0.3) is 0 Å². The molecule has 1 heterocycles. The van der Waals surface area contributed by atoms with E-state index in [4.69, 9.17) is 0 Å². The van der Waals surface area contributed by atoms with Gasteiger partial charge in [0, 0.05) is 25.2 Å². The van der Waals surface area contributed by atoms with Gasteiger partial charge in [-0.05, 0) is 31.4 Å². The number of halogens is 1. The molecule has 0 aliphatic carbocycles. The van der Waals surface area contributed by atoms with Crippen LogP contribution in [0.2, 0.25) is 0 Å². The summed E-state index contributed by atoms with van der Waals surface area (Å²) in [6.07, 6.45) is 1.39. The molecule has 1 saturated heterocycles. The van der Waals surface area contributed by atoms with Crippen molar-refractivity contribution in [3.8, 4) is 0 Å². The SMILES string of the molecule is CCNC(=O)N1C[C@@H](C(=O)NCc2ccccc2F)CC[C@@H]1c1ccccc1. The summed E-state index contributed by atoms with van der Waals surface area (Å²) in [7, 11) is 0. The third-order valence-electron chi connectivity index (χ3n) is 5.14. The molecule has 1 fully saturated rings. The molecule has 28 heavy (non-hydrogen) atoms. The van der Waals surface area contributed by atoms with E-state index in [2.05, 4.69) is 10.6 Å². The average Bonchev–Trinajstić information content (AvgIpc) is 2.73. The number of rotatable bonds is 5. The number of nitrogens with zero attached hydrogens (tertiary/aromatic N) is 1. The predicted octanol–water partition coefficient (Wildman–Crippen LogP) is 3.62. The molecule has 2 N–H and O–H groups in total. The number of nitrogens with one attached hydrogen (secondary N) is 2. The van der Waals surface area contributed by atoms with Crippen molar-refractivity contribution in [1.29, 1.82) is 0 Å². The molecule has 2 aromatic carbocycles. The van der Waals surface area contributed by atoms with Gasteiger partial charge in [0.05, 0.1) is 12.0 Å². The van der Waals surface area contributed by atoms with Crippen LogP contribution in [0.15, 0.2) is 54.6 Å². The smallest absolute Gasteiger partial charge is 0.317 e. The molecule has 6 heteroatoms. The minimum atomic E-state index is -0.334. The van der Waals surface area contributed by atoms with Crippen LogP contribution < -0.4 is 10.6 Å². The number of piperidine rings is 1. The van der Waals surface area contributed by atoms with E-state index in [1.165, 1.54) is 6.07 Å². The number of hydrogen-bond donors (Lipinski definition) is 2. The number of hydrogen-bond acceptors (Lipinski definition) is 2. The van der Waals surface area contributed by atoms with Gasteiger partial charge in [-0.1, -0.05) is 48.5 Å². The highest BCUT2D eigenvalue weighted by Crippen LogP contribution is 2.33. The molecule has 0 bridgehead atoms. The summed E-state index contributed by atoms with van der Waals surface area (Å²) in [6.45, 7) is 2.89. The van der Waals surface area contributed by atoms with Gasteiger partial charge in [-0.15, -0.1) is 0 Å². The second-order valence-electron chi connectivity index (χ2n) is 7.00. The molecule has 0 spiro atoms. The Bertz CT molecular complexity index is 812. The molecular weight excluding hydrogens is 357 g/mol. The molecule has 1 aliphatic rings. The Kier molecular flexibility index (Phi) is 6.63. The van der Waals surface area contributed by atoms with E-state index in [0.717, 1.165) is 5.56 Å². The Labute approximate surface area is 164 Å². The molecule has 0 saturated carbocycles. The fourth-order valence-corrected chi connectivity index (χ4v) is 3.65.